The fourth-order valence-corrected chi connectivity index (χ4v) is 3.22. The standard InChI is InChI=1S/C20H31N/c1-3-4-5-6-7-8-9-17-10-12-18(13-11-17)19-14-15-20(2,21)16-19/h10-15,19H,3-9,16,21H2,1-2H3. The normalized spacial score (nSPS) is 24.6. The van der Waals surface area contributed by atoms with E-state index in [1.54, 1.807) is 0 Å². The van der Waals surface area contributed by atoms with Crippen molar-refractivity contribution >= 4 is 0 Å². The smallest absolute Gasteiger partial charge is 0.0319 e. The Hall–Kier alpha value is -1.08. The Morgan fingerprint density at radius 2 is 1.71 bits per heavy atom. The molecular formula is C20H31N. The van der Waals surface area contributed by atoms with Crippen molar-refractivity contribution in [2.45, 2.75) is 76.7 Å². The van der Waals surface area contributed by atoms with Gasteiger partial charge in [-0.3, -0.25) is 0 Å². The molecule has 1 aliphatic carbocycles. The van der Waals surface area contributed by atoms with Crippen molar-refractivity contribution in [2.75, 3.05) is 0 Å². The summed E-state index contributed by atoms with van der Waals surface area (Å²) in [5.41, 5.74) is 8.93. The van der Waals surface area contributed by atoms with Crippen LogP contribution in [0.1, 0.15) is 75.8 Å². The van der Waals surface area contributed by atoms with E-state index in [1.807, 2.05) is 0 Å². The van der Waals surface area contributed by atoms with Gasteiger partial charge in [0, 0.05) is 11.5 Å². The summed E-state index contributed by atoms with van der Waals surface area (Å²) in [6.07, 6.45) is 14.9. The van der Waals surface area contributed by atoms with Gasteiger partial charge in [-0.1, -0.05) is 75.4 Å². The first-order chi connectivity index (χ1) is 10.1. The predicted octanol–water partition coefficient (Wildman–Crippen LogP) is 5.35. The summed E-state index contributed by atoms with van der Waals surface area (Å²) in [6.45, 7) is 4.38. The maximum atomic E-state index is 6.16. The van der Waals surface area contributed by atoms with Crippen LogP contribution in [0.4, 0.5) is 0 Å². The number of nitrogens with two attached hydrogens (primary N) is 1. The largest absolute Gasteiger partial charge is 0.322 e. The zero-order valence-electron chi connectivity index (χ0n) is 13.8. The van der Waals surface area contributed by atoms with Gasteiger partial charge in [-0.25, -0.2) is 0 Å². The third-order valence-corrected chi connectivity index (χ3v) is 4.60. The lowest BCUT2D eigenvalue weighted by atomic mass is 9.92. The van der Waals surface area contributed by atoms with Crippen molar-refractivity contribution in [3.05, 3.63) is 47.5 Å². The second-order valence-electron chi connectivity index (χ2n) is 6.93. The van der Waals surface area contributed by atoms with Gasteiger partial charge in [-0.05, 0) is 37.3 Å². The second kappa shape index (κ2) is 7.79. The molecule has 0 radical (unpaired) electrons. The maximum Gasteiger partial charge on any atom is 0.0319 e. The van der Waals surface area contributed by atoms with E-state index in [2.05, 4.69) is 50.3 Å². The van der Waals surface area contributed by atoms with Gasteiger partial charge in [-0.15, -0.1) is 0 Å². The van der Waals surface area contributed by atoms with Gasteiger partial charge >= 0.3 is 0 Å². The lowest BCUT2D eigenvalue weighted by Gasteiger charge is -2.18. The fourth-order valence-electron chi connectivity index (χ4n) is 3.22. The first kappa shape index (κ1) is 16.3. The van der Waals surface area contributed by atoms with Crippen molar-refractivity contribution < 1.29 is 0 Å². The Morgan fingerprint density at radius 1 is 1.05 bits per heavy atom. The van der Waals surface area contributed by atoms with Crippen LogP contribution in [0, 0.1) is 0 Å². The average molecular weight is 285 g/mol. The minimum absolute atomic E-state index is 0.123. The monoisotopic (exact) mass is 285 g/mol. The van der Waals surface area contributed by atoms with E-state index in [0.717, 1.165) is 6.42 Å². The van der Waals surface area contributed by atoms with Crippen LogP contribution in [0.3, 0.4) is 0 Å². The average Bonchev–Trinajstić information content (AvgIpc) is 2.84. The summed E-state index contributed by atoms with van der Waals surface area (Å²) >= 11 is 0. The molecule has 2 rings (SSSR count). The van der Waals surface area contributed by atoms with Gasteiger partial charge in [0.1, 0.15) is 0 Å². The zero-order valence-corrected chi connectivity index (χ0v) is 13.8. The summed E-state index contributed by atoms with van der Waals surface area (Å²) in [4.78, 5) is 0. The summed E-state index contributed by atoms with van der Waals surface area (Å²) in [6, 6.07) is 9.20. The number of allylic oxidation sites excluding steroid dienone is 1. The molecule has 0 heterocycles. The molecule has 116 valence electrons. The second-order valence-corrected chi connectivity index (χ2v) is 6.93. The topological polar surface area (TPSA) is 26.0 Å². The van der Waals surface area contributed by atoms with Crippen molar-refractivity contribution in [2.24, 2.45) is 5.73 Å². The van der Waals surface area contributed by atoms with Gasteiger partial charge < -0.3 is 5.73 Å². The molecule has 1 aromatic rings. The quantitative estimate of drug-likeness (QED) is 0.505. The Balaban J connectivity index is 1.74. The van der Waals surface area contributed by atoms with Crippen molar-refractivity contribution in [1.29, 1.82) is 0 Å². The molecule has 1 heteroatoms. The Bertz CT molecular complexity index is 441. The molecular weight excluding hydrogens is 254 g/mol. The van der Waals surface area contributed by atoms with Crippen molar-refractivity contribution in [3.8, 4) is 0 Å². The number of aryl methyl sites for hydroxylation is 1. The molecule has 1 nitrogen and oxygen atoms in total. The van der Waals surface area contributed by atoms with E-state index < -0.39 is 0 Å². The third kappa shape index (κ3) is 5.32. The van der Waals surface area contributed by atoms with Crippen LogP contribution in [0.15, 0.2) is 36.4 Å². The lowest BCUT2D eigenvalue weighted by molar-refractivity contribution is 0.541. The molecule has 0 amide bonds. The van der Waals surface area contributed by atoms with E-state index in [-0.39, 0.29) is 5.54 Å². The number of hydrogen-bond acceptors (Lipinski definition) is 1. The highest BCUT2D eigenvalue weighted by molar-refractivity contribution is 5.32. The number of rotatable bonds is 8. The Morgan fingerprint density at radius 3 is 2.33 bits per heavy atom. The predicted molar refractivity (Wildman–Crippen MR) is 92.6 cm³/mol. The van der Waals surface area contributed by atoms with Crippen molar-refractivity contribution in [1.82, 2.24) is 0 Å². The molecule has 21 heavy (non-hydrogen) atoms. The highest BCUT2D eigenvalue weighted by atomic mass is 14.7. The summed E-state index contributed by atoms with van der Waals surface area (Å²) < 4.78 is 0. The molecule has 0 saturated carbocycles. The van der Waals surface area contributed by atoms with E-state index in [1.165, 1.54) is 56.1 Å². The molecule has 0 fully saturated rings. The van der Waals surface area contributed by atoms with Gasteiger partial charge in [0.25, 0.3) is 0 Å². The number of unbranched alkanes of at least 4 members (excludes halogenated alkanes) is 5. The number of benzene rings is 1. The van der Waals surface area contributed by atoms with Crippen LogP contribution >= 0.6 is 0 Å². The minimum Gasteiger partial charge on any atom is -0.322 e. The minimum atomic E-state index is -0.123. The molecule has 2 atom stereocenters. The molecule has 2 N–H and O–H groups in total. The van der Waals surface area contributed by atoms with Crippen molar-refractivity contribution in [3.63, 3.8) is 0 Å². The fraction of sp³-hybridized carbons (Fsp3) is 0.600. The first-order valence-electron chi connectivity index (χ1n) is 8.68. The van der Waals surface area contributed by atoms with Crippen LogP contribution in [-0.2, 0) is 6.42 Å². The summed E-state index contributed by atoms with van der Waals surface area (Å²) in [5.74, 6) is 0.503. The molecule has 2 unspecified atom stereocenters. The maximum absolute atomic E-state index is 6.16. The van der Waals surface area contributed by atoms with Gasteiger partial charge in [-0.2, -0.15) is 0 Å². The van der Waals surface area contributed by atoms with Crippen LogP contribution < -0.4 is 5.73 Å². The first-order valence-corrected chi connectivity index (χ1v) is 8.68. The summed E-state index contributed by atoms with van der Waals surface area (Å²) in [7, 11) is 0. The van der Waals surface area contributed by atoms with Crippen LogP contribution in [0.5, 0.6) is 0 Å². The molecule has 0 saturated heterocycles. The van der Waals surface area contributed by atoms with E-state index in [0.29, 0.717) is 5.92 Å². The lowest BCUT2D eigenvalue weighted by Crippen LogP contribution is -2.31. The molecule has 1 aromatic carbocycles. The summed E-state index contributed by atoms with van der Waals surface area (Å²) in [5, 5.41) is 0. The zero-order chi connectivity index (χ0) is 15.1. The highest BCUT2D eigenvalue weighted by Gasteiger charge is 2.26. The van der Waals surface area contributed by atoms with E-state index >= 15 is 0 Å². The molecule has 1 aliphatic rings. The third-order valence-electron chi connectivity index (χ3n) is 4.60. The van der Waals surface area contributed by atoms with E-state index in [9.17, 15) is 0 Å². The molecule has 0 aromatic heterocycles. The molecule has 0 spiro atoms. The number of hydrogen-bond donors (Lipinski definition) is 1. The van der Waals surface area contributed by atoms with Gasteiger partial charge in [0.2, 0.25) is 0 Å². The highest BCUT2D eigenvalue weighted by Crippen LogP contribution is 2.33. The molecule has 0 bridgehead atoms. The Kier molecular flexibility index (Phi) is 6.05. The van der Waals surface area contributed by atoms with Crippen LogP contribution in [0.25, 0.3) is 0 Å². The van der Waals surface area contributed by atoms with Gasteiger partial charge in [0.15, 0.2) is 0 Å². The van der Waals surface area contributed by atoms with E-state index in [4.69, 9.17) is 5.73 Å². The van der Waals surface area contributed by atoms with Crippen LogP contribution in [-0.4, -0.2) is 5.54 Å². The van der Waals surface area contributed by atoms with Gasteiger partial charge in [0.05, 0.1) is 0 Å². The Labute approximate surface area is 130 Å². The van der Waals surface area contributed by atoms with Crippen LogP contribution in [0.2, 0.25) is 0 Å². The SMILES string of the molecule is CCCCCCCCc1ccc(C2C=CC(C)(N)C2)cc1. The molecule has 0 aliphatic heterocycles.